The number of aliphatic carboxylic acids is 1. The van der Waals surface area contributed by atoms with Crippen molar-refractivity contribution in [2.75, 3.05) is 0 Å². The Morgan fingerprint density at radius 2 is 1.63 bits per heavy atom. The van der Waals surface area contributed by atoms with Crippen molar-refractivity contribution in [2.45, 2.75) is 96.6 Å². The zero-order chi connectivity index (χ0) is 22.0. The summed E-state index contributed by atoms with van der Waals surface area (Å²) in [5.41, 5.74) is -0.492. The van der Waals surface area contributed by atoms with Gasteiger partial charge >= 0.3 is 5.97 Å². The monoisotopic (exact) mass is 424 g/mol. The molecule has 0 bridgehead atoms. The molecular weight excluding hydrogens is 384 g/mol. The van der Waals surface area contributed by atoms with E-state index in [0.717, 1.165) is 12.8 Å². The van der Waals surface area contributed by atoms with Gasteiger partial charge in [0.1, 0.15) is 0 Å². The maximum absolute atomic E-state index is 11.5. The molecule has 0 aromatic rings. The molecule has 4 aliphatic carbocycles. The Hall–Kier alpha value is -0.690. The Balaban J connectivity index is 1.62. The van der Waals surface area contributed by atoms with Gasteiger partial charge in [-0.2, -0.15) is 0 Å². The van der Waals surface area contributed by atoms with Gasteiger partial charge in [-0.3, -0.25) is 4.79 Å². The topological polar surface area (TPSA) is 118 Å². The fraction of sp³-hybridized carbons (Fsp3) is 0.958. The maximum Gasteiger partial charge on any atom is 0.303 e. The molecule has 4 rings (SSSR count). The summed E-state index contributed by atoms with van der Waals surface area (Å²) in [5.74, 6) is 0.307. The molecule has 0 radical (unpaired) electrons. The average molecular weight is 425 g/mol. The first kappa shape index (κ1) is 22.5. The van der Waals surface area contributed by atoms with Crippen molar-refractivity contribution in [3.05, 3.63) is 0 Å². The first-order valence-electron chi connectivity index (χ1n) is 11.9. The quantitative estimate of drug-likeness (QED) is 0.473. The number of aliphatic hydroxyl groups is 4. The number of fused-ring (bicyclic) bond motifs is 5. The smallest absolute Gasteiger partial charge is 0.303 e. The normalized spacial score (nSPS) is 54.0. The second-order valence-electron chi connectivity index (χ2n) is 11.6. The van der Waals surface area contributed by atoms with E-state index >= 15 is 0 Å². The third-order valence-electron chi connectivity index (χ3n) is 10.4. The highest BCUT2D eigenvalue weighted by atomic mass is 16.4. The average Bonchev–Trinajstić information content (AvgIpc) is 3.02. The lowest BCUT2D eigenvalue weighted by atomic mass is 9.43. The molecule has 30 heavy (non-hydrogen) atoms. The Morgan fingerprint density at radius 1 is 0.967 bits per heavy atom. The van der Waals surface area contributed by atoms with E-state index in [9.17, 15) is 25.2 Å². The van der Waals surface area contributed by atoms with Gasteiger partial charge < -0.3 is 25.5 Å². The second kappa shape index (κ2) is 7.72. The van der Waals surface area contributed by atoms with Gasteiger partial charge in [0.05, 0.1) is 24.4 Å². The predicted octanol–water partition coefficient (Wildman–Crippen LogP) is 2.42. The van der Waals surface area contributed by atoms with Crippen molar-refractivity contribution in [1.29, 1.82) is 0 Å². The summed E-state index contributed by atoms with van der Waals surface area (Å²) in [6, 6.07) is 0. The molecule has 0 aromatic heterocycles. The zero-order valence-electron chi connectivity index (χ0n) is 18.6. The Kier molecular flexibility index (Phi) is 5.79. The van der Waals surface area contributed by atoms with E-state index in [1.165, 1.54) is 0 Å². The van der Waals surface area contributed by atoms with Gasteiger partial charge in [-0.1, -0.05) is 20.8 Å². The van der Waals surface area contributed by atoms with Crippen LogP contribution >= 0.6 is 0 Å². The van der Waals surface area contributed by atoms with Gasteiger partial charge in [-0.25, -0.2) is 0 Å². The van der Waals surface area contributed by atoms with Crippen molar-refractivity contribution < 1.29 is 30.3 Å². The second-order valence-corrected chi connectivity index (χ2v) is 11.6. The van der Waals surface area contributed by atoms with Crippen molar-refractivity contribution in [3.8, 4) is 0 Å². The van der Waals surface area contributed by atoms with Gasteiger partial charge in [-0.15, -0.1) is 0 Å². The van der Waals surface area contributed by atoms with Gasteiger partial charge in [0.25, 0.3) is 0 Å². The number of hydrogen-bond acceptors (Lipinski definition) is 5. The molecule has 0 aromatic carbocycles. The van der Waals surface area contributed by atoms with Crippen LogP contribution in [0.15, 0.2) is 0 Å². The van der Waals surface area contributed by atoms with E-state index in [4.69, 9.17) is 5.11 Å². The number of carboxylic acid groups (broad SMARTS) is 1. The molecule has 0 heterocycles. The molecular formula is C24H40O6. The van der Waals surface area contributed by atoms with E-state index < -0.39 is 30.4 Å². The minimum Gasteiger partial charge on any atom is -0.481 e. The number of carbonyl (C=O) groups is 1. The Labute approximate surface area is 179 Å². The van der Waals surface area contributed by atoms with E-state index in [2.05, 4.69) is 20.8 Å². The number of carboxylic acids is 1. The fourth-order valence-corrected chi connectivity index (χ4v) is 8.72. The van der Waals surface area contributed by atoms with Crippen molar-refractivity contribution in [1.82, 2.24) is 0 Å². The summed E-state index contributed by atoms with van der Waals surface area (Å²) >= 11 is 0. The van der Waals surface area contributed by atoms with E-state index in [1.807, 2.05) is 0 Å². The van der Waals surface area contributed by atoms with Crippen LogP contribution in [0.4, 0.5) is 0 Å². The lowest BCUT2D eigenvalue weighted by molar-refractivity contribution is -0.219. The molecule has 6 heteroatoms. The summed E-state index contributed by atoms with van der Waals surface area (Å²) in [5, 5.41) is 52.5. The van der Waals surface area contributed by atoms with Crippen LogP contribution < -0.4 is 0 Å². The van der Waals surface area contributed by atoms with Gasteiger partial charge in [0.15, 0.2) is 0 Å². The summed E-state index contributed by atoms with van der Waals surface area (Å²) in [6.07, 6.45) is 2.63. The van der Waals surface area contributed by atoms with Crippen LogP contribution in [0, 0.1) is 46.3 Å². The van der Waals surface area contributed by atoms with E-state index in [0.29, 0.717) is 32.1 Å². The van der Waals surface area contributed by atoms with Gasteiger partial charge in [-0.05, 0) is 91.3 Å². The molecule has 0 saturated heterocycles. The molecule has 0 spiro atoms. The van der Waals surface area contributed by atoms with Crippen LogP contribution in [-0.4, -0.2) is 55.9 Å². The third-order valence-corrected chi connectivity index (χ3v) is 10.4. The standard InChI is InChI=1S/C24H40O6/c1-12(4-7-21(29)30)14-5-6-15-22-16(10-20(28)24(14,15)3)23(2)11-19(27)17(25)8-13(23)9-18(22)26/h12-20,22,25-28H,4-11H2,1-3H3,(H,29,30)/t12-,13+,14?,15+,16+,17+,18-,19-,20+,22+,23+,24-/m1/s1. The zero-order valence-corrected chi connectivity index (χ0v) is 18.6. The summed E-state index contributed by atoms with van der Waals surface area (Å²) in [6.45, 7) is 6.50. The van der Waals surface area contributed by atoms with Gasteiger partial charge in [0, 0.05) is 6.42 Å². The first-order chi connectivity index (χ1) is 14.0. The number of rotatable bonds is 4. The highest BCUT2D eigenvalue weighted by molar-refractivity contribution is 5.66. The Bertz CT molecular complexity index is 668. The SMILES string of the molecule is C[C@H](CCC(=O)O)C1CC[C@H]2[C@@H]3[C@H](O)C[C@@H]4C[C@H](O)[C@H](O)C[C@]4(C)[C@H]3C[C@H](O)[C@]12C. The van der Waals surface area contributed by atoms with E-state index in [-0.39, 0.29) is 52.8 Å². The largest absolute Gasteiger partial charge is 0.481 e. The predicted molar refractivity (Wildman–Crippen MR) is 111 cm³/mol. The van der Waals surface area contributed by atoms with Crippen LogP contribution in [0.2, 0.25) is 0 Å². The van der Waals surface area contributed by atoms with Crippen LogP contribution in [-0.2, 0) is 4.79 Å². The van der Waals surface area contributed by atoms with Crippen LogP contribution in [0.1, 0.15) is 72.1 Å². The lowest BCUT2D eigenvalue weighted by Crippen LogP contribution is -2.63. The third kappa shape index (κ3) is 3.25. The first-order valence-corrected chi connectivity index (χ1v) is 11.9. The molecule has 5 N–H and O–H groups in total. The fourth-order valence-electron chi connectivity index (χ4n) is 8.72. The van der Waals surface area contributed by atoms with Crippen molar-refractivity contribution in [2.24, 2.45) is 46.3 Å². The molecule has 4 aliphatic rings. The highest BCUT2D eigenvalue weighted by Gasteiger charge is 2.66. The molecule has 4 saturated carbocycles. The number of aliphatic hydroxyl groups excluding tert-OH is 4. The van der Waals surface area contributed by atoms with Crippen molar-refractivity contribution >= 4 is 5.97 Å². The lowest BCUT2D eigenvalue weighted by Gasteiger charge is -2.64. The maximum atomic E-state index is 11.5. The summed E-state index contributed by atoms with van der Waals surface area (Å²) in [4.78, 5) is 11.1. The molecule has 172 valence electrons. The van der Waals surface area contributed by atoms with Gasteiger partial charge in [0.2, 0.25) is 0 Å². The summed E-state index contributed by atoms with van der Waals surface area (Å²) in [7, 11) is 0. The molecule has 0 amide bonds. The Morgan fingerprint density at radius 3 is 2.30 bits per heavy atom. The molecule has 12 atom stereocenters. The molecule has 4 fully saturated rings. The van der Waals surface area contributed by atoms with Crippen molar-refractivity contribution in [3.63, 3.8) is 0 Å². The summed E-state index contributed by atoms with van der Waals surface area (Å²) < 4.78 is 0. The number of hydrogen-bond donors (Lipinski definition) is 5. The van der Waals surface area contributed by atoms with Crippen LogP contribution in [0.5, 0.6) is 0 Å². The van der Waals surface area contributed by atoms with Crippen LogP contribution in [0.3, 0.4) is 0 Å². The minimum atomic E-state index is -0.773. The van der Waals surface area contributed by atoms with E-state index in [1.54, 1.807) is 0 Å². The highest BCUT2D eigenvalue weighted by Crippen LogP contribution is 2.68. The minimum absolute atomic E-state index is 0.0961. The molecule has 6 nitrogen and oxygen atoms in total. The molecule has 1 unspecified atom stereocenters. The van der Waals surface area contributed by atoms with Crippen LogP contribution in [0.25, 0.3) is 0 Å². The molecule has 0 aliphatic heterocycles.